The molecule has 0 aliphatic carbocycles. The summed E-state index contributed by atoms with van der Waals surface area (Å²) >= 11 is 0. The minimum atomic E-state index is -0.270. The number of nitrogens with two attached hydrogens (primary N) is 1. The molecular weight excluding hydrogens is 376 g/mol. The van der Waals surface area contributed by atoms with E-state index in [1.165, 1.54) is 6.33 Å². The molecule has 148 valence electrons. The van der Waals surface area contributed by atoms with Gasteiger partial charge < -0.3 is 5.73 Å². The molecule has 3 heterocycles. The van der Waals surface area contributed by atoms with Crippen LogP contribution in [-0.4, -0.2) is 24.3 Å². The van der Waals surface area contributed by atoms with Gasteiger partial charge in [-0.3, -0.25) is 9.36 Å². The number of hydrogen-bond acceptors (Lipinski definition) is 5. The van der Waals surface area contributed by atoms with Crippen LogP contribution in [0.1, 0.15) is 24.4 Å². The largest absolute Gasteiger partial charge is 0.383 e. The molecule has 0 fully saturated rings. The lowest BCUT2D eigenvalue weighted by Crippen LogP contribution is -2.25. The topological polar surface area (TPSA) is 91.6 Å². The number of nitrogen functional groups attached to an aromatic ring is 1. The minimum Gasteiger partial charge on any atom is -0.383 e. The molecule has 0 amide bonds. The predicted molar refractivity (Wildman–Crippen MR) is 118 cm³/mol. The van der Waals surface area contributed by atoms with Crippen LogP contribution in [0.4, 0.5) is 5.82 Å². The molecule has 1 atom stereocenters. The molecule has 2 N–H and O–H groups in total. The lowest BCUT2D eigenvalue weighted by Gasteiger charge is -2.20. The summed E-state index contributed by atoms with van der Waals surface area (Å²) in [5.74, 6) is 0.398. The van der Waals surface area contributed by atoms with Gasteiger partial charge in [-0.1, -0.05) is 36.4 Å². The maximum Gasteiger partial charge on any atom is 0.263 e. The van der Waals surface area contributed by atoms with Crippen LogP contribution in [-0.2, 0) is 0 Å². The first-order valence-corrected chi connectivity index (χ1v) is 9.71. The van der Waals surface area contributed by atoms with Crippen molar-refractivity contribution in [2.24, 2.45) is 0 Å². The zero-order valence-corrected chi connectivity index (χ0v) is 16.6. The van der Waals surface area contributed by atoms with Crippen molar-refractivity contribution in [1.29, 1.82) is 0 Å². The quantitative estimate of drug-likeness (QED) is 0.503. The SMILES string of the molecule is Cc1nn(C(C)c2cc3ccccc3c(=O)n2-c2ccccc2)c2ncnc(N)c12. The Morgan fingerprint density at radius 1 is 1.00 bits per heavy atom. The van der Waals surface area contributed by atoms with E-state index in [-0.39, 0.29) is 11.6 Å². The smallest absolute Gasteiger partial charge is 0.263 e. The van der Waals surface area contributed by atoms with E-state index in [2.05, 4.69) is 9.97 Å². The van der Waals surface area contributed by atoms with Crippen molar-refractivity contribution in [3.8, 4) is 5.69 Å². The van der Waals surface area contributed by atoms with E-state index in [0.29, 0.717) is 16.9 Å². The van der Waals surface area contributed by atoms with Gasteiger partial charge in [0.15, 0.2) is 5.65 Å². The number of hydrogen-bond donors (Lipinski definition) is 1. The van der Waals surface area contributed by atoms with Gasteiger partial charge in [0.1, 0.15) is 12.1 Å². The Labute approximate surface area is 172 Å². The Bertz CT molecular complexity index is 1450. The number of aromatic nitrogens is 5. The number of para-hydroxylation sites is 1. The summed E-state index contributed by atoms with van der Waals surface area (Å²) in [4.78, 5) is 22.0. The lowest BCUT2D eigenvalue weighted by molar-refractivity contribution is 0.548. The third-order valence-corrected chi connectivity index (χ3v) is 5.46. The molecule has 7 heteroatoms. The fourth-order valence-corrected chi connectivity index (χ4v) is 3.99. The van der Waals surface area contributed by atoms with Crippen LogP contribution in [0, 0.1) is 6.92 Å². The van der Waals surface area contributed by atoms with Crippen LogP contribution in [0.3, 0.4) is 0 Å². The first-order chi connectivity index (χ1) is 14.6. The number of fused-ring (bicyclic) bond motifs is 2. The highest BCUT2D eigenvalue weighted by Gasteiger charge is 2.22. The monoisotopic (exact) mass is 396 g/mol. The Morgan fingerprint density at radius 3 is 2.53 bits per heavy atom. The summed E-state index contributed by atoms with van der Waals surface area (Å²) in [7, 11) is 0. The van der Waals surface area contributed by atoms with E-state index >= 15 is 0 Å². The van der Waals surface area contributed by atoms with Gasteiger partial charge in [-0.05, 0) is 43.5 Å². The third kappa shape index (κ3) is 2.67. The fourth-order valence-electron chi connectivity index (χ4n) is 3.99. The Morgan fingerprint density at radius 2 is 1.73 bits per heavy atom. The first kappa shape index (κ1) is 18.1. The zero-order valence-electron chi connectivity index (χ0n) is 16.6. The number of anilines is 1. The van der Waals surface area contributed by atoms with Crippen LogP contribution >= 0.6 is 0 Å². The van der Waals surface area contributed by atoms with Gasteiger partial charge in [0, 0.05) is 11.1 Å². The molecule has 5 aromatic rings. The summed E-state index contributed by atoms with van der Waals surface area (Å²) in [6.07, 6.45) is 1.44. The Hall–Kier alpha value is -4.00. The zero-order chi connectivity index (χ0) is 20.8. The minimum absolute atomic E-state index is 0.0662. The second-order valence-electron chi connectivity index (χ2n) is 7.30. The van der Waals surface area contributed by atoms with Gasteiger partial charge >= 0.3 is 0 Å². The molecule has 0 spiro atoms. The van der Waals surface area contributed by atoms with E-state index in [9.17, 15) is 4.79 Å². The summed E-state index contributed by atoms with van der Waals surface area (Å²) in [5, 5.41) is 6.98. The highest BCUT2D eigenvalue weighted by Crippen LogP contribution is 2.28. The van der Waals surface area contributed by atoms with Crippen LogP contribution in [0.15, 0.2) is 71.8 Å². The number of rotatable bonds is 3. The summed E-state index contributed by atoms with van der Waals surface area (Å²) in [5.41, 5.74) is 9.02. The van der Waals surface area contributed by atoms with Crippen molar-refractivity contribution >= 4 is 27.6 Å². The van der Waals surface area contributed by atoms with Crippen molar-refractivity contribution in [2.75, 3.05) is 5.73 Å². The molecule has 1 unspecified atom stereocenters. The molecule has 2 aromatic carbocycles. The highest BCUT2D eigenvalue weighted by molar-refractivity contribution is 5.88. The molecule has 0 bridgehead atoms. The fraction of sp³-hybridized carbons (Fsp3) is 0.130. The van der Waals surface area contributed by atoms with Gasteiger partial charge in [-0.2, -0.15) is 5.10 Å². The molecule has 0 aliphatic rings. The normalized spacial score (nSPS) is 12.5. The van der Waals surface area contributed by atoms with Gasteiger partial charge in [0.05, 0.1) is 22.8 Å². The van der Waals surface area contributed by atoms with Crippen molar-refractivity contribution in [2.45, 2.75) is 19.9 Å². The Balaban J connectivity index is 1.83. The van der Waals surface area contributed by atoms with Crippen molar-refractivity contribution in [3.05, 3.63) is 88.7 Å². The average molecular weight is 396 g/mol. The first-order valence-electron chi connectivity index (χ1n) is 9.71. The lowest BCUT2D eigenvalue weighted by atomic mass is 10.1. The average Bonchev–Trinajstić information content (AvgIpc) is 3.11. The van der Waals surface area contributed by atoms with Crippen LogP contribution < -0.4 is 11.3 Å². The number of aryl methyl sites for hydroxylation is 1. The number of nitrogens with zero attached hydrogens (tertiary/aromatic N) is 5. The molecule has 0 radical (unpaired) electrons. The van der Waals surface area contributed by atoms with Crippen LogP contribution in [0.2, 0.25) is 0 Å². The van der Waals surface area contributed by atoms with E-state index in [4.69, 9.17) is 10.8 Å². The van der Waals surface area contributed by atoms with E-state index in [1.807, 2.05) is 79.2 Å². The van der Waals surface area contributed by atoms with E-state index in [1.54, 1.807) is 4.57 Å². The summed E-state index contributed by atoms with van der Waals surface area (Å²) in [6, 6.07) is 19.0. The second kappa shape index (κ2) is 6.81. The van der Waals surface area contributed by atoms with Crippen LogP contribution in [0.25, 0.3) is 27.5 Å². The number of benzene rings is 2. The molecular formula is C23H20N6O. The maximum absolute atomic E-state index is 13.5. The molecule has 30 heavy (non-hydrogen) atoms. The second-order valence-corrected chi connectivity index (χ2v) is 7.30. The molecule has 0 saturated heterocycles. The molecule has 0 aliphatic heterocycles. The summed E-state index contributed by atoms with van der Waals surface area (Å²) in [6.45, 7) is 3.89. The van der Waals surface area contributed by atoms with Gasteiger partial charge in [0.25, 0.3) is 5.56 Å². The predicted octanol–water partition coefficient (Wildman–Crippen LogP) is 3.63. The van der Waals surface area contributed by atoms with Gasteiger partial charge in [-0.25, -0.2) is 14.6 Å². The van der Waals surface area contributed by atoms with Crippen molar-refractivity contribution < 1.29 is 0 Å². The Kier molecular flexibility index (Phi) is 4.10. The van der Waals surface area contributed by atoms with Gasteiger partial charge in [0.2, 0.25) is 0 Å². The molecule has 3 aromatic heterocycles. The van der Waals surface area contributed by atoms with Gasteiger partial charge in [-0.15, -0.1) is 0 Å². The number of pyridine rings is 1. The standard InChI is InChI=1S/C23H20N6O/c1-14-20-21(24)25-13-26-22(20)29(27-14)15(2)19-12-16-8-6-7-11-18(16)23(30)28(19)17-9-4-3-5-10-17/h3-13,15H,1-2H3,(H2,24,25,26). The van der Waals surface area contributed by atoms with Crippen molar-refractivity contribution in [1.82, 2.24) is 24.3 Å². The molecule has 5 rings (SSSR count). The maximum atomic E-state index is 13.5. The van der Waals surface area contributed by atoms with Crippen LogP contribution in [0.5, 0.6) is 0 Å². The third-order valence-electron chi connectivity index (χ3n) is 5.46. The molecule has 7 nitrogen and oxygen atoms in total. The summed E-state index contributed by atoms with van der Waals surface area (Å²) < 4.78 is 3.56. The van der Waals surface area contributed by atoms with Crippen molar-refractivity contribution in [3.63, 3.8) is 0 Å². The van der Waals surface area contributed by atoms with E-state index < -0.39 is 0 Å². The van der Waals surface area contributed by atoms with E-state index in [0.717, 1.165) is 27.8 Å². The highest BCUT2D eigenvalue weighted by atomic mass is 16.1. The molecule has 0 saturated carbocycles.